The van der Waals surface area contributed by atoms with Gasteiger partial charge in [-0.3, -0.25) is 4.68 Å². The van der Waals surface area contributed by atoms with E-state index in [2.05, 4.69) is 45.6 Å². The average molecular weight is 373 g/mol. The molecule has 26 heavy (non-hydrogen) atoms. The Morgan fingerprint density at radius 3 is 2.77 bits per heavy atom. The molecule has 1 aromatic carbocycles. The minimum atomic E-state index is 0.562. The van der Waals surface area contributed by atoms with Crippen LogP contribution >= 0.6 is 11.6 Å². The maximum Gasteiger partial charge on any atom is 0.226 e. The SMILES string of the molecule is CCC(C)CNc1nc(NCc2ccc(C)c(Cl)c2)c2cnn(C)c2n1. The van der Waals surface area contributed by atoms with Crippen LogP contribution in [0.2, 0.25) is 5.02 Å². The van der Waals surface area contributed by atoms with Crippen molar-refractivity contribution in [2.45, 2.75) is 33.7 Å². The number of fused-ring (bicyclic) bond motifs is 1. The van der Waals surface area contributed by atoms with Crippen molar-refractivity contribution in [3.63, 3.8) is 0 Å². The van der Waals surface area contributed by atoms with Gasteiger partial charge >= 0.3 is 0 Å². The number of hydrogen-bond acceptors (Lipinski definition) is 5. The van der Waals surface area contributed by atoms with Crippen LogP contribution < -0.4 is 10.6 Å². The minimum Gasteiger partial charge on any atom is -0.365 e. The van der Waals surface area contributed by atoms with Crippen LogP contribution in [0.15, 0.2) is 24.4 Å². The van der Waals surface area contributed by atoms with Crippen LogP contribution in [-0.2, 0) is 13.6 Å². The Bertz CT molecular complexity index is 904. The second-order valence-electron chi connectivity index (χ2n) is 6.73. The van der Waals surface area contributed by atoms with Gasteiger partial charge in [0.25, 0.3) is 0 Å². The van der Waals surface area contributed by atoms with Crippen LogP contribution in [0.4, 0.5) is 11.8 Å². The Balaban J connectivity index is 1.84. The van der Waals surface area contributed by atoms with E-state index < -0.39 is 0 Å². The second kappa shape index (κ2) is 7.91. The van der Waals surface area contributed by atoms with Crippen LogP contribution in [0.3, 0.4) is 0 Å². The average Bonchev–Trinajstić information content (AvgIpc) is 3.01. The largest absolute Gasteiger partial charge is 0.365 e. The number of halogens is 1. The molecule has 138 valence electrons. The van der Waals surface area contributed by atoms with E-state index in [1.54, 1.807) is 10.9 Å². The quantitative estimate of drug-likeness (QED) is 0.643. The number of rotatable bonds is 7. The molecule has 0 bridgehead atoms. The molecule has 2 N–H and O–H groups in total. The van der Waals surface area contributed by atoms with Crippen LogP contribution in [0.25, 0.3) is 11.0 Å². The van der Waals surface area contributed by atoms with E-state index in [0.717, 1.165) is 46.0 Å². The van der Waals surface area contributed by atoms with Crippen molar-refractivity contribution in [2.24, 2.45) is 13.0 Å². The van der Waals surface area contributed by atoms with Gasteiger partial charge in [0.05, 0.1) is 11.6 Å². The summed E-state index contributed by atoms with van der Waals surface area (Å²) < 4.78 is 1.76. The first-order chi connectivity index (χ1) is 12.5. The van der Waals surface area contributed by atoms with Gasteiger partial charge in [0, 0.05) is 25.2 Å². The Morgan fingerprint density at radius 1 is 1.23 bits per heavy atom. The molecule has 3 rings (SSSR count). The highest BCUT2D eigenvalue weighted by Crippen LogP contribution is 2.23. The fraction of sp³-hybridized carbons (Fsp3) is 0.421. The van der Waals surface area contributed by atoms with Crippen molar-refractivity contribution in [3.05, 3.63) is 40.5 Å². The predicted octanol–water partition coefficient (Wildman–Crippen LogP) is 4.40. The highest BCUT2D eigenvalue weighted by Gasteiger charge is 2.12. The molecular formula is C19H25ClN6. The lowest BCUT2D eigenvalue weighted by molar-refractivity contribution is 0.591. The summed E-state index contributed by atoms with van der Waals surface area (Å²) in [5, 5.41) is 12.7. The molecule has 1 atom stereocenters. The number of nitrogens with one attached hydrogen (secondary N) is 2. The Morgan fingerprint density at radius 2 is 2.04 bits per heavy atom. The molecule has 3 aromatic rings. The van der Waals surface area contributed by atoms with Crippen molar-refractivity contribution in [1.82, 2.24) is 19.7 Å². The van der Waals surface area contributed by atoms with Crippen molar-refractivity contribution in [2.75, 3.05) is 17.2 Å². The highest BCUT2D eigenvalue weighted by molar-refractivity contribution is 6.31. The Kier molecular flexibility index (Phi) is 5.61. The molecule has 0 aliphatic heterocycles. The third-order valence-electron chi connectivity index (χ3n) is 4.59. The predicted molar refractivity (Wildman–Crippen MR) is 108 cm³/mol. The van der Waals surface area contributed by atoms with E-state index in [9.17, 15) is 0 Å². The van der Waals surface area contributed by atoms with Crippen LogP contribution in [0.5, 0.6) is 0 Å². The van der Waals surface area contributed by atoms with Crippen LogP contribution in [0.1, 0.15) is 31.4 Å². The van der Waals surface area contributed by atoms with Crippen molar-refractivity contribution >= 4 is 34.4 Å². The Hall–Kier alpha value is -2.34. The lowest BCUT2D eigenvalue weighted by atomic mass is 10.1. The normalized spacial score (nSPS) is 12.3. The minimum absolute atomic E-state index is 0.562. The molecule has 6 nitrogen and oxygen atoms in total. The van der Waals surface area contributed by atoms with E-state index in [-0.39, 0.29) is 0 Å². The first-order valence-corrected chi connectivity index (χ1v) is 9.28. The zero-order chi connectivity index (χ0) is 18.7. The summed E-state index contributed by atoms with van der Waals surface area (Å²) in [6, 6.07) is 6.07. The number of hydrogen-bond donors (Lipinski definition) is 2. The van der Waals surface area contributed by atoms with Gasteiger partial charge in [0.2, 0.25) is 5.95 Å². The molecule has 0 fully saturated rings. The van der Waals surface area contributed by atoms with Crippen LogP contribution in [-0.4, -0.2) is 26.3 Å². The smallest absolute Gasteiger partial charge is 0.226 e. The number of aromatic nitrogens is 4. The number of nitrogens with zero attached hydrogens (tertiary/aromatic N) is 4. The van der Waals surface area contributed by atoms with Crippen molar-refractivity contribution in [1.29, 1.82) is 0 Å². The number of anilines is 2. The summed E-state index contributed by atoms with van der Waals surface area (Å²) in [6.45, 7) is 7.85. The van der Waals surface area contributed by atoms with Gasteiger partial charge in [0.15, 0.2) is 5.65 Å². The van der Waals surface area contributed by atoms with E-state index in [1.807, 2.05) is 26.1 Å². The van der Waals surface area contributed by atoms with Gasteiger partial charge in [-0.15, -0.1) is 0 Å². The lowest BCUT2D eigenvalue weighted by Gasteiger charge is -2.13. The van der Waals surface area contributed by atoms with E-state index in [1.165, 1.54) is 0 Å². The zero-order valence-corrected chi connectivity index (χ0v) is 16.4. The second-order valence-corrected chi connectivity index (χ2v) is 7.14. The third-order valence-corrected chi connectivity index (χ3v) is 5.00. The molecule has 0 radical (unpaired) electrons. The molecule has 0 aliphatic rings. The fourth-order valence-electron chi connectivity index (χ4n) is 2.58. The highest BCUT2D eigenvalue weighted by atomic mass is 35.5. The molecule has 1 unspecified atom stereocenters. The van der Waals surface area contributed by atoms with E-state index in [4.69, 9.17) is 11.6 Å². The fourth-order valence-corrected chi connectivity index (χ4v) is 2.78. The van der Waals surface area contributed by atoms with E-state index in [0.29, 0.717) is 18.4 Å². The molecule has 2 aromatic heterocycles. The van der Waals surface area contributed by atoms with E-state index >= 15 is 0 Å². The maximum atomic E-state index is 6.23. The van der Waals surface area contributed by atoms with Gasteiger partial charge in [-0.2, -0.15) is 15.1 Å². The molecule has 0 aliphatic carbocycles. The summed E-state index contributed by atoms with van der Waals surface area (Å²) >= 11 is 6.23. The molecule has 0 amide bonds. The van der Waals surface area contributed by atoms with Gasteiger partial charge in [-0.25, -0.2) is 0 Å². The molecule has 0 saturated heterocycles. The summed E-state index contributed by atoms with van der Waals surface area (Å²) in [5.41, 5.74) is 2.98. The third kappa shape index (κ3) is 4.07. The molecular weight excluding hydrogens is 348 g/mol. The summed E-state index contributed by atoms with van der Waals surface area (Å²) in [6.07, 6.45) is 2.90. The Labute approximate surface area is 159 Å². The first-order valence-electron chi connectivity index (χ1n) is 8.90. The molecule has 0 spiro atoms. The number of aryl methyl sites for hydroxylation is 2. The standard InChI is InChI=1S/C19H25ClN6/c1-5-12(2)9-22-19-24-17(15-11-23-26(4)18(15)25-19)21-10-14-7-6-13(3)16(20)8-14/h6-8,11-12H,5,9-10H2,1-4H3,(H2,21,22,24,25). The van der Waals surface area contributed by atoms with Gasteiger partial charge in [0.1, 0.15) is 5.82 Å². The van der Waals surface area contributed by atoms with Gasteiger partial charge in [-0.1, -0.05) is 44.0 Å². The lowest BCUT2D eigenvalue weighted by Crippen LogP contribution is -2.14. The summed E-state index contributed by atoms with van der Waals surface area (Å²) in [5.74, 6) is 1.95. The van der Waals surface area contributed by atoms with Gasteiger partial charge in [-0.05, 0) is 30.0 Å². The maximum absolute atomic E-state index is 6.23. The summed E-state index contributed by atoms with van der Waals surface area (Å²) in [4.78, 5) is 9.26. The number of benzene rings is 1. The topological polar surface area (TPSA) is 67.7 Å². The van der Waals surface area contributed by atoms with Crippen molar-refractivity contribution < 1.29 is 0 Å². The molecule has 0 saturated carbocycles. The summed E-state index contributed by atoms with van der Waals surface area (Å²) in [7, 11) is 1.89. The first kappa shape index (κ1) is 18.5. The molecule has 2 heterocycles. The molecule has 7 heteroatoms. The monoisotopic (exact) mass is 372 g/mol. The zero-order valence-electron chi connectivity index (χ0n) is 15.7. The van der Waals surface area contributed by atoms with Crippen molar-refractivity contribution in [3.8, 4) is 0 Å². The van der Waals surface area contributed by atoms with Crippen LogP contribution in [0, 0.1) is 12.8 Å². The van der Waals surface area contributed by atoms with Gasteiger partial charge < -0.3 is 10.6 Å².